The lowest BCUT2D eigenvalue weighted by Gasteiger charge is -2.21. The third kappa shape index (κ3) is 4.32. The molecular weight excluding hydrogens is 226 g/mol. The standard InChI is InChI=1S/C11H19NO5/c1-16-7-8-17-6-4-10(13)12-5-2-3-9(12)11(14)15/h9H,2-8H2,1H3,(H,14,15)/t9-/m0/s1. The first-order chi connectivity index (χ1) is 8.16. The molecule has 0 aromatic rings. The van der Waals surface area contributed by atoms with Gasteiger partial charge in [-0.1, -0.05) is 0 Å². The van der Waals surface area contributed by atoms with Gasteiger partial charge in [0.15, 0.2) is 0 Å². The van der Waals surface area contributed by atoms with Gasteiger partial charge >= 0.3 is 5.97 Å². The second kappa shape index (κ2) is 7.24. The Labute approximate surface area is 100 Å². The summed E-state index contributed by atoms with van der Waals surface area (Å²) in [6.07, 6.45) is 1.53. The summed E-state index contributed by atoms with van der Waals surface area (Å²) in [7, 11) is 1.58. The molecule has 6 nitrogen and oxygen atoms in total. The van der Waals surface area contributed by atoms with Crippen molar-refractivity contribution in [3.8, 4) is 0 Å². The molecule has 0 saturated carbocycles. The Morgan fingerprint density at radius 2 is 2.12 bits per heavy atom. The Bertz CT molecular complexity index is 269. The van der Waals surface area contributed by atoms with Crippen molar-refractivity contribution in [3.63, 3.8) is 0 Å². The molecule has 1 fully saturated rings. The van der Waals surface area contributed by atoms with Gasteiger partial charge in [-0.25, -0.2) is 4.79 Å². The Morgan fingerprint density at radius 3 is 2.76 bits per heavy atom. The van der Waals surface area contributed by atoms with E-state index in [1.807, 2.05) is 0 Å². The average molecular weight is 245 g/mol. The fraction of sp³-hybridized carbons (Fsp3) is 0.818. The fourth-order valence-electron chi connectivity index (χ4n) is 1.87. The van der Waals surface area contributed by atoms with Gasteiger partial charge in [0, 0.05) is 13.7 Å². The number of rotatable bonds is 7. The highest BCUT2D eigenvalue weighted by Gasteiger charge is 2.33. The van der Waals surface area contributed by atoms with Crippen LogP contribution in [0.1, 0.15) is 19.3 Å². The van der Waals surface area contributed by atoms with Crippen LogP contribution in [0.4, 0.5) is 0 Å². The summed E-state index contributed by atoms with van der Waals surface area (Å²) in [5.74, 6) is -1.07. The van der Waals surface area contributed by atoms with Crippen molar-refractivity contribution in [1.82, 2.24) is 4.90 Å². The predicted octanol–water partition coefficient (Wildman–Crippen LogP) is 0.115. The molecule has 1 amide bonds. The van der Waals surface area contributed by atoms with Crippen LogP contribution in [0.15, 0.2) is 0 Å². The zero-order valence-electron chi connectivity index (χ0n) is 10.1. The van der Waals surface area contributed by atoms with Crippen molar-refractivity contribution in [3.05, 3.63) is 0 Å². The molecule has 1 rings (SSSR count). The number of carbonyl (C=O) groups is 2. The van der Waals surface area contributed by atoms with Crippen LogP contribution in [0.5, 0.6) is 0 Å². The number of carboxylic acid groups (broad SMARTS) is 1. The van der Waals surface area contributed by atoms with Crippen LogP contribution in [0, 0.1) is 0 Å². The largest absolute Gasteiger partial charge is 0.480 e. The van der Waals surface area contributed by atoms with E-state index in [-0.39, 0.29) is 12.3 Å². The van der Waals surface area contributed by atoms with Crippen LogP contribution in [0.2, 0.25) is 0 Å². The normalized spacial score (nSPS) is 19.6. The van der Waals surface area contributed by atoms with Gasteiger partial charge in [-0.15, -0.1) is 0 Å². The number of carboxylic acids is 1. The number of aliphatic carboxylic acids is 1. The molecule has 0 spiro atoms. The monoisotopic (exact) mass is 245 g/mol. The van der Waals surface area contributed by atoms with Gasteiger partial charge in [0.1, 0.15) is 6.04 Å². The maximum atomic E-state index is 11.7. The lowest BCUT2D eigenvalue weighted by Crippen LogP contribution is -2.40. The van der Waals surface area contributed by atoms with Crippen molar-refractivity contribution in [2.75, 3.05) is 33.5 Å². The molecule has 1 saturated heterocycles. The summed E-state index contributed by atoms with van der Waals surface area (Å²) in [4.78, 5) is 24.1. The van der Waals surface area contributed by atoms with Crippen LogP contribution < -0.4 is 0 Å². The molecule has 0 aromatic heterocycles. The Hall–Kier alpha value is -1.14. The highest BCUT2D eigenvalue weighted by molar-refractivity contribution is 5.84. The number of hydrogen-bond acceptors (Lipinski definition) is 4. The van der Waals surface area contributed by atoms with Crippen molar-refractivity contribution in [2.24, 2.45) is 0 Å². The van der Waals surface area contributed by atoms with Gasteiger partial charge < -0.3 is 19.5 Å². The molecule has 1 aliphatic rings. The molecule has 1 heterocycles. The fourth-order valence-corrected chi connectivity index (χ4v) is 1.87. The van der Waals surface area contributed by atoms with E-state index in [1.165, 1.54) is 4.90 Å². The molecule has 6 heteroatoms. The topological polar surface area (TPSA) is 76.1 Å². The molecule has 0 aliphatic carbocycles. The van der Waals surface area contributed by atoms with E-state index in [2.05, 4.69) is 0 Å². The van der Waals surface area contributed by atoms with Gasteiger partial charge in [0.25, 0.3) is 0 Å². The number of carbonyl (C=O) groups excluding carboxylic acids is 1. The summed E-state index contributed by atoms with van der Waals surface area (Å²) in [5.41, 5.74) is 0. The lowest BCUT2D eigenvalue weighted by atomic mass is 10.2. The highest BCUT2D eigenvalue weighted by Crippen LogP contribution is 2.18. The zero-order valence-corrected chi connectivity index (χ0v) is 10.1. The predicted molar refractivity (Wildman–Crippen MR) is 59.7 cm³/mol. The molecule has 1 aliphatic heterocycles. The minimum absolute atomic E-state index is 0.146. The number of hydrogen-bond donors (Lipinski definition) is 1. The summed E-state index contributed by atoms with van der Waals surface area (Å²) in [6.45, 7) is 1.79. The SMILES string of the molecule is COCCOCCC(=O)N1CCC[C@H]1C(=O)O. The molecule has 1 N–H and O–H groups in total. The molecule has 0 radical (unpaired) electrons. The van der Waals surface area contributed by atoms with E-state index < -0.39 is 12.0 Å². The summed E-state index contributed by atoms with van der Waals surface area (Å²) in [6, 6.07) is -0.651. The van der Waals surface area contributed by atoms with Crippen molar-refractivity contribution in [1.29, 1.82) is 0 Å². The van der Waals surface area contributed by atoms with Gasteiger partial charge in [-0.05, 0) is 12.8 Å². The maximum Gasteiger partial charge on any atom is 0.326 e. The van der Waals surface area contributed by atoms with Gasteiger partial charge in [0.05, 0.1) is 26.2 Å². The van der Waals surface area contributed by atoms with Gasteiger partial charge in [0.2, 0.25) is 5.91 Å². The van der Waals surface area contributed by atoms with Crippen LogP contribution in [0.3, 0.4) is 0 Å². The van der Waals surface area contributed by atoms with E-state index in [9.17, 15) is 9.59 Å². The minimum atomic E-state index is -0.920. The second-order valence-corrected chi connectivity index (χ2v) is 3.94. The van der Waals surface area contributed by atoms with Crippen LogP contribution in [-0.4, -0.2) is 61.4 Å². The number of methoxy groups -OCH3 is 1. The Kier molecular flexibility index (Phi) is 5.93. The average Bonchev–Trinajstić information content (AvgIpc) is 2.77. The third-order valence-electron chi connectivity index (χ3n) is 2.75. The number of ether oxygens (including phenoxy) is 2. The van der Waals surface area contributed by atoms with Gasteiger partial charge in [-0.3, -0.25) is 4.79 Å². The molecule has 0 unspecified atom stereocenters. The molecule has 1 atom stereocenters. The molecule has 17 heavy (non-hydrogen) atoms. The van der Waals surface area contributed by atoms with Crippen molar-refractivity contribution >= 4 is 11.9 Å². The van der Waals surface area contributed by atoms with Gasteiger partial charge in [-0.2, -0.15) is 0 Å². The van der Waals surface area contributed by atoms with E-state index in [0.29, 0.717) is 32.8 Å². The van der Waals surface area contributed by atoms with E-state index in [4.69, 9.17) is 14.6 Å². The molecule has 0 bridgehead atoms. The van der Waals surface area contributed by atoms with E-state index >= 15 is 0 Å². The first-order valence-electron chi connectivity index (χ1n) is 5.75. The van der Waals surface area contributed by atoms with Crippen molar-refractivity contribution in [2.45, 2.75) is 25.3 Å². The second-order valence-electron chi connectivity index (χ2n) is 3.94. The smallest absolute Gasteiger partial charge is 0.326 e. The Morgan fingerprint density at radius 1 is 1.35 bits per heavy atom. The minimum Gasteiger partial charge on any atom is -0.480 e. The number of amides is 1. The van der Waals surface area contributed by atoms with E-state index in [1.54, 1.807) is 7.11 Å². The first kappa shape index (κ1) is 13.9. The van der Waals surface area contributed by atoms with E-state index in [0.717, 1.165) is 6.42 Å². The summed E-state index contributed by atoms with van der Waals surface area (Å²) < 4.78 is 9.98. The van der Waals surface area contributed by atoms with Crippen LogP contribution >= 0.6 is 0 Å². The molecular formula is C11H19NO5. The summed E-state index contributed by atoms with van der Waals surface area (Å²) >= 11 is 0. The summed E-state index contributed by atoms with van der Waals surface area (Å²) in [5, 5.41) is 8.93. The molecule has 98 valence electrons. The number of likely N-dealkylation sites (tertiary alicyclic amines) is 1. The maximum absolute atomic E-state index is 11.7. The highest BCUT2D eigenvalue weighted by atomic mass is 16.5. The van der Waals surface area contributed by atoms with Crippen molar-refractivity contribution < 1.29 is 24.2 Å². The Balaban J connectivity index is 2.25. The quantitative estimate of drug-likeness (QED) is 0.644. The van der Waals surface area contributed by atoms with Crippen LogP contribution in [0.25, 0.3) is 0 Å². The first-order valence-corrected chi connectivity index (χ1v) is 5.75. The molecule has 0 aromatic carbocycles. The third-order valence-corrected chi connectivity index (χ3v) is 2.75. The lowest BCUT2D eigenvalue weighted by molar-refractivity contribution is -0.148. The van der Waals surface area contributed by atoms with Crippen LogP contribution in [-0.2, 0) is 19.1 Å². The zero-order chi connectivity index (χ0) is 12.7. The number of nitrogens with zero attached hydrogens (tertiary/aromatic N) is 1.